The Morgan fingerprint density at radius 3 is 2.44 bits per heavy atom. The minimum Gasteiger partial charge on any atom is -0.490 e. The first-order valence-electron chi connectivity index (χ1n) is 8.38. The molecule has 0 radical (unpaired) electrons. The first-order chi connectivity index (χ1) is 11.7. The van der Waals surface area contributed by atoms with Crippen LogP contribution in [0.3, 0.4) is 0 Å². The highest BCUT2D eigenvalue weighted by Gasteiger charge is 2.25. The summed E-state index contributed by atoms with van der Waals surface area (Å²) in [5.41, 5.74) is 1.78. The number of epoxide rings is 1. The van der Waals surface area contributed by atoms with Gasteiger partial charge in [-0.05, 0) is 47.7 Å². The average Bonchev–Trinajstić information content (AvgIpc) is 3.37. The van der Waals surface area contributed by atoms with E-state index in [-0.39, 0.29) is 16.4 Å². The van der Waals surface area contributed by atoms with Crippen LogP contribution in [0.1, 0.15) is 31.9 Å². The molecule has 1 heterocycles. The molecular weight excluding hydrogens is 336 g/mol. The van der Waals surface area contributed by atoms with Crippen molar-refractivity contribution in [2.24, 2.45) is 0 Å². The molecule has 1 aliphatic heterocycles. The van der Waals surface area contributed by atoms with Crippen molar-refractivity contribution in [3.05, 3.63) is 53.6 Å². The average molecular weight is 360 g/mol. The molecule has 3 rings (SSSR count). The number of ether oxygens (including phenoxy) is 2. The quantitative estimate of drug-likeness (QED) is 0.759. The molecule has 5 heteroatoms. The van der Waals surface area contributed by atoms with Crippen LogP contribution in [0.5, 0.6) is 5.75 Å². The van der Waals surface area contributed by atoms with Gasteiger partial charge in [-0.15, -0.1) is 0 Å². The van der Waals surface area contributed by atoms with Crippen LogP contribution >= 0.6 is 0 Å². The van der Waals surface area contributed by atoms with E-state index in [2.05, 4.69) is 20.8 Å². The molecule has 1 saturated heterocycles. The van der Waals surface area contributed by atoms with Crippen LogP contribution in [0.2, 0.25) is 0 Å². The Bertz CT molecular complexity index is 875. The third-order valence-electron chi connectivity index (χ3n) is 4.31. The van der Waals surface area contributed by atoms with Crippen LogP contribution < -0.4 is 4.74 Å². The lowest BCUT2D eigenvalue weighted by molar-refractivity contribution is 0.261. The van der Waals surface area contributed by atoms with Gasteiger partial charge in [0.1, 0.15) is 18.5 Å². The van der Waals surface area contributed by atoms with E-state index in [1.807, 2.05) is 13.0 Å². The summed E-state index contributed by atoms with van der Waals surface area (Å²) >= 11 is 0. The number of rotatable bonds is 5. The maximum absolute atomic E-state index is 13.0. The van der Waals surface area contributed by atoms with Crippen molar-refractivity contribution in [1.29, 1.82) is 0 Å². The maximum atomic E-state index is 13.0. The van der Waals surface area contributed by atoms with Crippen LogP contribution in [0.25, 0.3) is 0 Å². The molecule has 1 unspecified atom stereocenters. The molecule has 0 amide bonds. The summed E-state index contributed by atoms with van der Waals surface area (Å²) < 4.78 is 37.0. The predicted octanol–water partition coefficient (Wildman–Crippen LogP) is 3.90. The van der Waals surface area contributed by atoms with E-state index in [9.17, 15) is 8.42 Å². The third-order valence-corrected chi connectivity index (χ3v) is 6.06. The number of benzene rings is 2. The number of aryl methyl sites for hydroxylation is 1. The lowest BCUT2D eigenvalue weighted by Gasteiger charge is -2.20. The Labute approximate surface area is 149 Å². The minimum absolute atomic E-state index is 0.114. The van der Waals surface area contributed by atoms with Crippen LogP contribution in [0.4, 0.5) is 0 Å². The summed E-state index contributed by atoms with van der Waals surface area (Å²) in [5.74, 6) is 0.587. The van der Waals surface area contributed by atoms with Gasteiger partial charge in [0.25, 0.3) is 0 Å². The molecule has 1 atom stereocenters. The Balaban J connectivity index is 1.95. The Morgan fingerprint density at radius 1 is 1.12 bits per heavy atom. The first kappa shape index (κ1) is 18.0. The van der Waals surface area contributed by atoms with Gasteiger partial charge in [0.2, 0.25) is 9.84 Å². The summed E-state index contributed by atoms with van der Waals surface area (Å²) in [4.78, 5) is 0.552. The third kappa shape index (κ3) is 4.05. The van der Waals surface area contributed by atoms with Crippen LogP contribution in [0.15, 0.2) is 52.3 Å². The fourth-order valence-corrected chi connectivity index (χ4v) is 3.84. The normalized spacial score (nSPS) is 17.4. The monoisotopic (exact) mass is 360 g/mol. The zero-order valence-corrected chi connectivity index (χ0v) is 15.9. The topological polar surface area (TPSA) is 55.9 Å². The van der Waals surface area contributed by atoms with Crippen LogP contribution in [-0.4, -0.2) is 27.7 Å². The smallest absolute Gasteiger partial charge is 0.206 e. The largest absolute Gasteiger partial charge is 0.490 e. The Hall–Kier alpha value is -1.85. The van der Waals surface area contributed by atoms with E-state index in [1.54, 1.807) is 36.4 Å². The highest BCUT2D eigenvalue weighted by atomic mass is 32.2. The van der Waals surface area contributed by atoms with Gasteiger partial charge in [-0.25, -0.2) is 8.42 Å². The van der Waals surface area contributed by atoms with Crippen molar-refractivity contribution in [3.63, 3.8) is 0 Å². The van der Waals surface area contributed by atoms with Gasteiger partial charge in [-0.1, -0.05) is 39.0 Å². The van der Waals surface area contributed by atoms with E-state index in [1.165, 1.54) is 0 Å². The van der Waals surface area contributed by atoms with Crippen molar-refractivity contribution in [2.45, 2.75) is 49.0 Å². The zero-order chi connectivity index (χ0) is 18.2. The van der Waals surface area contributed by atoms with E-state index < -0.39 is 9.84 Å². The van der Waals surface area contributed by atoms with E-state index >= 15 is 0 Å². The lowest BCUT2D eigenvalue weighted by atomic mass is 9.87. The summed E-state index contributed by atoms with van der Waals surface area (Å²) in [5, 5.41) is 0. The fraction of sp³-hybridized carbons (Fsp3) is 0.400. The SMILES string of the molecule is Cc1ccc(S(=O)(=O)c2cccc(C(C)(C)C)c2)cc1OCC1CO1. The van der Waals surface area contributed by atoms with Crippen molar-refractivity contribution in [3.8, 4) is 5.75 Å². The van der Waals surface area contributed by atoms with Crippen LogP contribution in [-0.2, 0) is 20.0 Å². The molecule has 0 bridgehead atoms. The molecule has 0 spiro atoms. The second-order valence-corrected chi connectivity index (χ2v) is 9.42. The molecular formula is C20H24O4S. The van der Waals surface area contributed by atoms with Gasteiger partial charge in [-0.2, -0.15) is 0 Å². The summed E-state index contributed by atoms with van der Waals surface area (Å²) in [6.07, 6.45) is 0.128. The molecule has 1 fully saturated rings. The number of sulfone groups is 1. The Kier molecular flexibility index (Phi) is 4.64. The molecule has 0 saturated carbocycles. The molecule has 4 nitrogen and oxygen atoms in total. The molecule has 0 aliphatic carbocycles. The van der Waals surface area contributed by atoms with Gasteiger partial charge >= 0.3 is 0 Å². The number of hydrogen-bond acceptors (Lipinski definition) is 4. The van der Waals surface area contributed by atoms with E-state index in [0.29, 0.717) is 23.9 Å². The molecule has 1 aliphatic rings. The second-order valence-electron chi connectivity index (χ2n) is 7.47. The first-order valence-corrected chi connectivity index (χ1v) is 9.87. The second kappa shape index (κ2) is 6.46. The molecule has 0 N–H and O–H groups in total. The minimum atomic E-state index is -3.60. The highest BCUT2D eigenvalue weighted by Crippen LogP contribution is 2.30. The summed E-state index contributed by atoms with van der Waals surface area (Å²) in [6.45, 7) is 9.25. The Morgan fingerprint density at radius 2 is 1.80 bits per heavy atom. The van der Waals surface area contributed by atoms with Gasteiger partial charge in [0, 0.05) is 0 Å². The van der Waals surface area contributed by atoms with Gasteiger partial charge in [-0.3, -0.25) is 0 Å². The molecule has 2 aromatic carbocycles. The predicted molar refractivity (Wildman–Crippen MR) is 97.0 cm³/mol. The van der Waals surface area contributed by atoms with Crippen molar-refractivity contribution < 1.29 is 17.9 Å². The zero-order valence-electron chi connectivity index (χ0n) is 15.1. The van der Waals surface area contributed by atoms with Crippen molar-refractivity contribution in [1.82, 2.24) is 0 Å². The van der Waals surface area contributed by atoms with E-state index in [0.717, 1.165) is 11.1 Å². The molecule has 134 valence electrons. The molecule has 2 aromatic rings. The van der Waals surface area contributed by atoms with Gasteiger partial charge in [0.15, 0.2) is 0 Å². The fourth-order valence-electron chi connectivity index (χ4n) is 2.52. The van der Waals surface area contributed by atoms with Gasteiger partial charge < -0.3 is 9.47 Å². The lowest BCUT2D eigenvalue weighted by Crippen LogP contribution is -2.12. The summed E-state index contributed by atoms with van der Waals surface area (Å²) in [6, 6.07) is 12.2. The maximum Gasteiger partial charge on any atom is 0.206 e. The van der Waals surface area contributed by atoms with Crippen LogP contribution in [0, 0.1) is 6.92 Å². The van der Waals surface area contributed by atoms with E-state index in [4.69, 9.17) is 9.47 Å². The standard InChI is InChI=1S/C20H24O4S/c1-14-8-9-18(11-19(14)24-13-16-12-23-16)25(21,22)17-7-5-6-15(10-17)20(2,3)4/h5-11,16H,12-13H2,1-4H3. The molecule has 25 heavy (non-hydrogen) atoms. The van der Waals surface area contributed by atoms with Gasteiger partial charge in [0.05, 0.1) is 16.4 Å². The highest BCUT2D eigenvalue weighted by molar-refractivity contribution is 7.91. The summed E-state index contributed by atoms with van der Waals surface area (Å²) in [7, 11) is -3.60. The van der Waals surface area contributed by atoms with Crippen molar-refractivity contribution in [2.75, 3.05) is 13.2 Å². The number of hydrogen-bond donors (Lipinski definition) is 0. The van der Waals surface area contributed by atoms with Crippen molar-refractivity contribution >= 4 is 9.84 Å². The molecule has 0 aromatic heterocycles.